The Morgan fingerprint density at radius 2 is 1.00 bits per heavy atom. The average Bonchev–Trinajstić information content (AvgIpc) is 3.54. The highest BCUT2D eigenvalue weighted by Crippen LogP contribution is 2.47. The molecule has 0 bridgehead atoms. The SMILES string of the molecule is Cc1nc2cccc3c2n1-c1ccc(-c2ccc4c(-c5ccc6ccccc6c5)c5ccccc5c(-c5ccc6ccccc6c5)c4c2)cc1S3(=O)=O. The molecule has 250 valence electrons. The van der Waals surface area contributed by atoms with Gasteiger partial charge in [-0.2, -0.15) is 0 Å². The first-order valence-electron chi connectivity index (χ1n) is 17.8. The number of aromatic nitrogens is 2. The largest absolute Gasteiger partial charge is 0.294 e. The first-order valence-corrected chi connectivity index (χ1v) is 19.3. The molecule has 10 aromatic rings. The summed E-state index contributed by atoms with van der Waals surface area (Å²) < 4.78 is 30.4. The Morgan fingerprint density at radius 1 is 0.453 bits per heavy atom. The highest BCUT2D eigenvalue weighted by molar-refractivity contribution is 7.92. The number of rotatable bonds is 3. The van der Waals surface area contributed by atoms with E-state index in [0.717, 1.165) is 44.4 Å². The molecule has 1 aliphatic rings. The fraction of sp³-hybridized carbons (Fsp3) is 0.0208. The standard InChI is InChI=1S/C48H30N2O2S/c1-29-49-42-15-8-16-44-48(42)50(29)43-24-22-35(28-45(43)53(44,51)52)34-21-23-40-41(27-34)47(37-20-18-31-10-3-5-12-33(31)26-37)39-14-7-6-13-38(39)46(40)36-19-17-30-9-2-4-11-32(30)25-36/h2-28H,1H3. The molecule has 0 saturated heterocycles. The number of para-hydroxylation sites is 1. The van der Waals surface area contributed by atoms with E-state index in [1.165, 1.54) is 37.9 Å². The van der Waals surface area contributed by atoms with Crippen molar-refractivity contribution >= 4 is 64.0 Å². The molecule has 0 spiro atoms. The second-order valence-electron chi connectivity index (χ2n) is 14.0. The van der Waals surface area contributed by atoms with Gasteiger partial charge < -0.3 is 0 Å². The lowest BCUT2D eigenvalue weighted by molar-refractivity contribution is 0.594. The maximum Gasteiger partial charge on any atom is 0.210 e. The molecule has 0 atom stereocenters. The first-order chi connectivity index (χ1) is 25.9. The fourth-order valence-electron chi connectivity index (χ4n) is 8.61. The third-order valence-corrected chi connectivity index (χ3v) is 12.8. The molecule has 53 heavy (non-hydrogen) atoms. The van der Waals surface area contributed by atoms with Crippen molar-refractivity contribution in [1.29, 1.82) is 0 Å². The third kappa shape index (κ3) is 4.35. The Labute approximate surface area is 306 Å². The molecule has 0 aliphatic carbocycles. The molecule has 0 radical (unpaired) electrons. The van der Waals surface area contributed by atoms with Crippen LogP contribution in [0.3, 0.4) is 0 Å². The van der Waals surface area contributed by atoms with Crippen LogP contribution in [-0.2, 0) is 9.84 Å². The van der Waals surface area contributed by atoms with Gasteiger partial charge in [0.1, 0.15) is 5.82 Å². The zero-order valence-corrected chi connectivity index (χ0v) is 29.5. The van der Waals surface area contributed by atoms with Crippen molar-refractivity contribution in [3.05, 3.63) is 170 Å². The summed E-state index contributed by atoms with van der Waals surface area (Å²) in [4.78, 5) is 5.28. The van der Waals surface area contributed by atoms with E-state index in [1.54, 1.807) is 12.1 Å². The molecule has 0 saturated carbocycles. The molecule has 0 unspecified atom stereocenters. The van der Waals surface area contributed by atoms with Crippen LogP contribution < -0.4 is 0 Å². The summed E-state index contributed by atoms with van der Waals surface area (Å²) >= 11 is 0. The molecule has 5 heteroatoms. The zero-order valence-electron chi connectivity index (χ0n) is 28.7. The van der Waals surface area contributed by atoms with E-state index < -0.39 is 9.84 Å². The Hall–Kier alpha value is -6.56. The minimum Gasteiger partial charge on any atom is -0.294 e. The lowest BCUT2D eigenvalue weighted by atomic mass is 9.84. The van der Waals surface area contributed by atoms with Crippen molar-refractivity contribution in [3.8, 4) is 39.1 Å². The van der Waals surface area contributed by atoms with Gasteiger partial charge in [-0.05, 0) is 126 Å². The van der Waals surface area contributed by atoms with Gasteiger partial charge in [0, 0.05) is 0 Å². The van der Waals surface area contributed by atoms with Gasteiger partial charge in [0.2, 0.25) is 9.84 Å². The fourth-order valence-corrected chi connectivity index (χ4v) is 10.3. The summed E-state index contributed by atoms with van der Waals surface area (Å²) in [6.07, 6.45) is 0. The van der Waals surface area contributed by atoms with Crippen molar-refractivity contribution in [3.63, 3.8) is 0 Å². The van der Waals surface area contributed by atoms with E-state index in [4.69, 9.17) is 4.98 Å². The highest BCUT2D eigenvalue weighted by Gasteiger charge is 2.33. The smallest absolute Gasteiger partial charge is 0.210 e. The second-order valence-corrected chi connectivity index (χ2v) is 15.9. The van der Waals surface area contributed by atoms with Gasteiger partial charge in [-0.1, -0.05) is 121 Å². The summed E-state index contributed by atoms with van der Waals surface area (Å²) in [7, 11) is -3.79. The van der Waals surface area contributed by atoms with Gasteiger partial charge in [-0.25, -0.2) is 13.4 Å². The summed E-state index contributed by atoms with van der Waals surface area (Å²) in [5, 5.41) is 9.38. The number of hydrogen-bond acceptors (Lipinski definition) is 3. The van der Waals surface area contributed by atoms with Crippen molar-refractivity contribution in [2.75, 3.05) is 0 Å². The zero-order chi connectivity index (χ0) is 35.4. The molecular weight excluding hydrogens is 669 g/mol. The van der Waals surface area contributed by atoms with Crippen molar-refractivity contribution in [1.82, 2.24) is 9.55 Å². The maximum absolute atomic E-state index is 14.2. The van der Waals surface area contributed by atoms with Crippen LogP contribution in [0.15, 0.2) is 174 Å². The molecule has 11 rings (SSSR count). The highest BCUT2D eigenvalue weighted by atomic mass is 32.2. The van der Waals surface area contributed by atoms with Crippen LogP contribution in [0.1, 0.15) is 5.82 Å². The predicted molar refractivity (Wildman–Crippen MR) is 218 cm³/mol. The van der Waals surface area contributed by atoms with Gasteiger partial charge >= 0.3 is 0 Å². The number of aryl methyl sites for hydroxylation is 1. The van der Waals surface area contributed by atoms with Gasteiger partial charge in [-0.15, -0.1) is 0 Å². The molecule has 1 aromatic heterocycles. The van der Waals surface area contributed by atoms with Crippen LogP contribution in [0.5, 0.6) is 0 Å². The summed E-state index contributed by atoms with van der Waals surface area (Å²) in [5.41, 5.74) is 8.38. The Kier molecular flexibility index (Phi) is 6.23. The van der Waals surface area contributed by atoms with E-state index in [1.807, 2.05) is 35.8 Å². The van der Waals surface area contributed by atoms with Gasteiger partial charge in [0.05, 0.1) is 26.5 Å². The summed E-state index contributed by atoms with van der Waals surface area (Å²) in [5.74, 6) is 0.759. The minimum absolute atomic E-state index is 0.293. The molecule has 2 heterocycles. The Morgan fingerprint density at radius 3 is 1.68 bits per heavy atom. The van der Waals surface area contributed by atoms with Crippen molar-refractivity contribution in [2.24, 2.45) is 0 Å². The quantitative estimate of drug-likeness (QED) is 0.173. The number of hydrogen-bond donors (Lipinski definition) is 0. The van der Waals surface area contributed by atoms with Crippen LogP contribution >= 0.6 is 0 Å². The summed E-state index contributed by atoms with van der Waals surface area (Å²) in [6.45, 7) is 1.93. The van der Waals surface area contributed by atoms with Crippen LogP contribution in [0.2, 0.25) is 0 Å². The Balaban J connectivity index is 1.21. The van der Waals surface area contributed by atoms with Crippen LogP contribution in [-0.4, -0.2) is 18.0 Å². The minimum atomic E-state index is -3.79. The second kappa shape index (κ2) is 11.0. The lowest BCUT2D eigenvalue weighted by Gasteiger charge is -2.22. The normalized spacial score (nSPS) is 13.3. The lowest BCUT2D eigenvalue weighted by Crippen LogP contribution is -2.15. The third-order valence-electron chi connectivity index (χ3n) is 11.0. The van der Waals surface area contributed by atoms with Crippen LogP contribution in [0.25, 0.3) is 93.2 Å². The molecular formula is C48H30N2O2S. The monoisotopic (exact) mass is 698 g/mol. The maximum atomic E-state index is 14.2. The van der Waals surface area contributed by atoms with Gasteiger partial charge in [0.25, 0.3) is 0 Å². The number of imidazole rings is 1. The number of benzene rings is 9. The molecule has 0 amide bonds. The Bertz CT molecular complexity index is 3320. The molecule has 0 N–H and O–H groups in total. The van der Waals surface area contributed by atoms with E-state index in [0.29, 0.717) is 26.5 Å². The number of fused-ring (bicyclic) bond motifs is 6. The average molecular weight is 699 g/mol. The van der Waals surface area contributed by atoms with Crippen LogP contribution in [0.4, 0.5) is 0 Å². The van der Waals surface area contributed by atoms with Crippen molar-refractivity contribution < 1.29 is 8.42 Å². The topological polar surface area (TPSA) is 52.0 Å². The summed E-state index contributed by atoms with van der Waals surface area (Å²) in [6, 6.07) is 56.9. The molecule has 4 nitrogen and oxygen atoms in total. The molecule has 0 fully saturated rings. The number of sulfone groups is 1. The van der Waals surface area contributed by atoms with Gasteiger partial charge in [0.15, 0.2) is 0 Å². The van der Waals surface area contributed by atoms with Crippen LogP contribution in [0, 0.1) is 6.92 Å². The van der Waals surface area contributed by atoms with E-state index in [-0.39, 0.29) is 0 Å². The van der Waals surface area contributed by atoms with E-state index >= 15 is 0 Å². The number of nitrogens with zero attached hydrogens (tertiary/aromatic N) is 2. The van der Waals surface area contributed by atoms with E-state index in [9.17, 15) is 8.42 Å². The molecule has 1 aliphatic heterocycles. The van der Waals surface area contributed by atoms with Gasteiger partial charge in [-0.3, -0.25) is 4.57 Å². The molecule has 9 aromatic carbocycles. The predicted octanol–water partition coefficient (Wildman–Crippen LogP) is 12.1. The van der Waals surface area contributed by atoms with E-state index in [2.05, 4.69) is 127 Å². The van der Waals surface area contributed by atoms with Crippen molar-refractivity contribution in [2.45, 2.75) is 16.7 Å². The first kappa shape index (κ1) is 30.1.